The predicted molar refractivity (Wildman–Crippen MR) is 101 cm³/mol. The smallest absolute Gasteiger partial charge is 0.334 e. The SMILES string of the molecule is C=C1C(=O)OC2C=C(COC(C)=O)CCC=C(COC(C)=O)CC(OC(C)=O)C12. The van der Waals surface area contributed by atoms with Crippen LogP contribution in [0.1, 0.15) is 40.0 Å². The van der Waals surface area contributed by atoms with E-state index in [1.165, 1.54) is 20.8 Å². The Morgan fingerprint density at radius 3 is 2.28 bits per heavy atom. The summed E-state index contributed by atoms with van der Waals surface area (Å²) in [5.74, 6) is -2.52. The number of allylic oxidation sites excluding steroid dienone is 1. The summed E-state index contributed by atoms with van der Waals surface area (Å²) in [6.07, 6.45) is 3.65. The van der Waals surface area contributed by atoms with E-state index < -0.39 is 42.0 Å². The summed E-state index contributed by atoms with van der Waals surface area (Å²) in [4.78, 5) is 46.3. The van der Waals surface area contributed by atoms with Gasteiger partial charge in [0.05, 0.1) is 5.92 Å². The lowest BCUT2D eigenvalue weighted by atomic mass is 9.85. The standard InChI is InChI=1S/C21H26O8/c1-12-20-18(28-15(4)24)8-16(10-26-13(2)22)6-5-7-17(11-27-14(3)23)9-19(20)29-21(12)25/h6,9,18-20H,1,5,7-8,10-11H2,2-4H3. The Balaban J connectivity index is 2.39. The Hall–Kier alpha value is -2.90. The van der Waals surface area contributed by atoms with Crippen LogP contribution in [0.25, 0.3) is 0 Å². The van der Waals surface area contributed by atoms with Gasteiger partial charge in [-0.15, -0.1) is 0 Å². The normalized spacial score (nSPS) is 24.4. The van der Waals surface area contributed by atoms with Crippen LogP contribution in [0.15, 0.2) is 35.5 Å². The van der Waals surface area contributed by atoms with E-state index in [1.54, 1.807) is 6.08 Å². The molecule has 0 spiro atoms. The van der Waals surface area contributed by atoms with E-state index in [-0.39, 0.29) is 25.2 Å². The number of hydrogen-bond acceptors (Lipinski definition) is 8. The first-order valence-corrected chi connectivity index (χ1v) is 9.38. The Morgan fingerprint density at radius 2 is 1.69 bits per heavy atom. The minimum absolute atomic E-state index is 0.0504. The average Bonchev–Trinajstić information content (AvgIpc) is 2.89. The highest BCUT2D eigenvalue weighted by molar-refractivity contribution is 5.91. The average molecular weight is 406 g/mol. The lowest BCUT2D eigenvalue weighted by molar-refractivity contribution is -0.150. The van der Waals surface area contributed by atoms with Gasteiger partial charge in [-0.3, -0.25) is 14.4 Å². The molecule has 3 atom stereocenters. The highest BCUT2D eigenvalue weighted by Crippen LogP contribution is 2.36. The number of ether oxygens (including phenoxy) is 4. The maximum Gasteiger partial charge on any atom is 0.334 e. The molecule has 0 N–H and O–H groups in total. The van der Waals surface area contributed by atoms with Crippen molar-refractivity contribution in [2.75, 3.05) is 13.2 Å². The molecule has 1 saturated heterocycles. The maximum atomic E-state index is 12.2. The second kappa shape index (κ2) is 10.0. The van der Waals surface area contributed by atoms with Gasteiger partial charge in [0.25, 0.3) is 0 Å². The van der Waals surface area contributed by atoms with Crippen LogP contribution in [-0.4, -0.2) is 49.3 Å². The van der Waals surface area contributed by atoms with Gasteiger partial charge < -0.3 is 18.9 Å². The lowest BCUT2D eigenvalue weighted by Crippen LogP contribution is -2.33. The minimum Gasteiger partial charge on any atom is -0.461 e. The molecular weight excluding hydrogens is 380 g/mol. The van der Waals surface area contributed by atoms with Gasteiger partial charge in [0, 0.05) is 32.8 Å². The predicted octanol–water partition coefficient (Wildman–Crippen LogP) is 2.18. The van der Waals surface area contributed by atoms with Crippen LogP contribution in [0.5, 0.6) is 0 Å². The van der Waals surface area contributed by atoms with E-state index in [0.29, 0.717) is 12.8 Å². The summed E-state index contributed by atoms with van der Waals surface area (Å²) in [5, 5.41) is 0. The number of esters is 4. The molecule has 0 aromatic rings. The van der Waals surface area contributed by atoms with Crippen molar-refractivity contribution in [3.05, 3.63) is 35.5 Å². The van der Waals surface area contributed by atoms with Crippen molar-refractivity contribution in [1.29, 1.82) is 0 Å². The molecular formula is C21H26O8. The summed E-state index contributed by atoms with van der Waals surface area (Å²) in [6, 6.07) is 0. The van der Waals surface area contributed by atoms with Gasteiger partial charge in [0.15, 0.2) is 0 Å². The number of hydrogen-bond donors (Lipinski definition) is 0. The van der Waals surface area contributed by atoms with Gasteiger partial charge in [0.2, 0.25) is 0 Å². The molecule has 2 aliphatic rings. The minimum atomic E-state index is -0.720. The molecule has 0 amide bonds. The fourth-order valence-corrected chi connectivity index (χ4v) is 3.38. The molecule has 0 radical (unpaired) electrons. The summed E-state index contributed by atoms with van der Waals surface area (Å²) in [6.45, 7) is 7.84. The lowest BCUT2D eigenvalue weighted by Gasteiger charge is -2.27. The largest absolute Gasteiger partial charge is 0.461 e. The van der Waals surface area contributed by atoms with Crippen LogP contribution in [-0.2, 0) is 38.1 Å². The van der Waals surface area contributed by atoms with Crippen molar-refractivity contribution in [3.63, 3.8) is 0 Å². The Labute approximate surface area is 169 Å². The zero-order chi connectivity index (χ0) is 21.6. The number of carbonyl (C=O) groups is 4. The molecule has 1 aliphatic heterocycles. The van der Waals surface area contributed by atoms with Crippen molar-refractivity contribution in [2.24, 2.45) is 5.92 Å². The second-order valence-corrected chi connectivity index (χ2v) is 7.06. The summed E-state index contributed by atoms with van der Waals surface area (Å²) in [7, 11) is 0. The third kappa shape index (κ3) is 6.58. The molecule has 8 heteroatoms. The van der Waals surface area contributed by atoms with Gasteiger partial charge in [-0.1, -0.05) is 12.7 Å². The molecule has 158 valence electrons. The van der Waals surface area contributed by atoms with Crippen LogP contribution >= 0.6 is 0 Å². The van der Waals surface area contributed by atoms with E-state index in [9.17, 15) is 19.2 Å². The van der Waals surface area contributed by atoms with Gasteiger partial charge in [-0.25, -0.2) is 4.79 Å². The zero-order valence-corrected chi connectivity index (χ0v) is 16.9. The van der Waals surface area contributed by atoms with E-state index in [2.05, 4.69) is 6.58 Å². The molecule has 0 aromatic heterocycles. The van der Waals surface area contributed by atoms with Crippen LogP contribution in [0.3, 0.4) is 0 Å². The zero-order valence-electron chi connectivity index (χ0n) is 16.9. The second-order valence-electron chi connectivity index (χ2n) is 7.06. The van der Waals surface area contributed by atoms with Gasteiger partial charge in [-0.05, 0) is 30.1 Å². The molecule has 0 saturated carbocycles. The molecule has 2 rings (SSSR count). The topological polar surface area (TPSA) is 105 Å². The summed E-state index contributed by atoms with van der Waals surface area (Å²) >= 11 is 0. The van der Waals surface area contributed by atoms with Crippen molar-refractivity contribution in [2.45, 2.75) is 52.2 Å². The Kier molecular flexibility index (Phi) is 7.75. The Bertz CT molecular complexity index is 761. The van der Waals surface area contributed by atoms with E-state index in [1.807, 2.05) is 6.08 Å². The third-order valence-corrected chi connectivity index (χ3v) is 4.66. The fraction of sp³-hybridized carbons (Fsp3) is 0.524. The van der Waals surface area contributed by atoms with Crippen molar-refractivity contribution in [1.82, 2.24) is 0 Å². The van der Waals surface area contributed by atoms with Crippen LogP contribution in [0.4, 0.5) is 0 Å². The molecule has 3 unspecified atom stereocenters. The van der Waals surface area contributed by atoms with Gasteiger partial charge in [-0.2, -0.15) is 0 Å². The third-order valence-electron chi connectivity index (χ3n) is 4.66. The molecule has 1 fully saturated rings. The summed E-state index contributed by atoms with van der Waals surface area (Å²) < 4.78 is 21.2. The van der Waals surface area contributed by atoms with Gasteiger partial charge in [0.1, 0.15) is 25.4 Å². The summed E-state index contributed by atoms with van der Waals surface area (Å²) in [5.41, 5.74) is 1.73. The molecule has 0 aromatic carbocycles. The maximum absolute atomic E-state index is 12.2. The quantitative estimate of drug-likeness (QED) is 0.296. The fourth-order valence-electron chi connectivity index (χ4n) is 3.38. The highest BCUT2D eigenvalue weighted by Gasteiger charge is 2.44. The molecule has 8 nitrogen and oxygen atoms in total. The first kappa shape index (κ1) is 22.4. The van der Waals surface area contributed by atoms with Crippen LogP contribution < -0.4 is 0 Å². The van der Waals surface area contributed by atoms with Gasteiger partial charge >= 0.3 is 23.9 Å². The molecule has 29 heavy (non-hydrogen) atoms. The molecule has 0 bridgehead atoms. The highest BCUT2D eigenvalue weighted by atomic mass is 16.6. The molecule has 1 aliphatic carbocycles. The van der Waals surface area contributed by atoms with Crippen LogP contribution in [0, 0.1) is 5.92 Å². The first-order valence-electron chi connectivity index (χ1n) is 9.38. The number of carbonyl (C=O) groups excluding carboxylic acids is 4. The van der Waals surface area contributed by atoms with E-state index in [0.717, 1.165) is 11.1 Å². The van der Waals surface area contributed by atoms with Crippen molar-refractivity contribution in [3.8, 4) is 0 Å². The van der Waals surface area contributed by atoms with E-state index in [4.69, 9.17) is 18.9 Å². The number of rotatable bonds is 5. The Morgan fingerprint density at radius 1 is 1.07 bits per heavy atom. The van der Waals surface area contributed by atoms with Crippen LogP contribution in [0.2, 0.25) is 0 Å². The molecule has 1 heterocycles. The van der Waals surface area contributed by atoms with E-state index >= 15 is 0 Å². The number of fused-ring (bicyclic) bond motifs is 1. The van der Waals surface area contributed by atoms with Crippen molar-refractivity contribution >= 4 is 23.9 Å². The van der Waals surface area contributed by atoms with Crippen molar-refractivity contribution < 1.29 is 38.1 Å². The first-order chi connectivity index (χ1) is 13.7. The monoisotopic (exact) mass is 406 g/mol.